The molecular weight excluding hydrogens is 332 g/mol. The van der Waals surface area contributed by atoms with E-state index < -0.39 is 16.9 Å². The van der Waals surface area contributed by atoms with Gasteiger partial charge in [0.05, 0.1) is 21.6 Å². The number of hydrogen-bond donors (Lipinski definition) is 2. The van der Waals surface area contributed by atoms with Crippen LogP contribution in [-0.4, -0.2) is 22.0 Å². The first-order valence-electron chi connectivity index (χ1n) is 7.36. The van der Waals surface area contributed by atoms with Crippen LogP contribution in [0.15, 0.2) is 48.5 Å². The Bertz CT molecular complexity index is 737. The average molecular weight is 349 g/mol. The number of aliphatic hydroxyl groups is 1. The van der Waals surface area contributed by atoms with Crippen molar-refractivity contribution in [1.29, 1.82) is 0 Å². The largest absolute Gasteiger partial charge is 0.388 e. The molecule has 0 aromatic heterocycles. The summed E-state index contributed by atoms with van der Waals surface area (Å²) in [6.07, 6.45) is -0.412. The maximum absolute atomic E-state index is 12.3. The van der Waals surface area contributed by atoms with Gasteiger partial charge >= 0.3 is 0 Å². The monoisotopic (exact) mass is 348 g/mol. The zero-order valence-electron chi connectivity index (χ0n) is 13.0. The third-order valence-corrected chi connectivity index (χ3v) is 3.87. The summed E-state index contributed by atoms with van der Waals surface area (Å²) < 4.78 is 0. The topological polar surface area (TPSA) is 92.5 Å². The number of rotatable bonds is 6. The fourth-order valence-electron chi connectivity index (χ4n) is 2.31. The van der Waals surface area contributed by atoms with E-state index in [4.69, 9.17) is 11.6 Å². The second-order valence-electron chi connectivity index (χ2n) is 5.46. The van der Waals surface area contributed by atoms with Crippen molar-refractivity contribution >= 4 is 23.2 Å². The lowest BCUT2D eigenvalue weighted by molar-refractivity contribution is -0.384. The number of benzene rings is 2. The molecule has 0 saturated carbocycles. The fourth-order valence-corrected chi connectivity index (χ4v) is 2.51. The number of non-ortho nitro benzene ring substituents is 1. The molecule has 1 amide bonds. The van der Waals surface area contributed by atoms with Gasteiger partial charge in [-0.2, -0.15) is 0 Å². The highest BCUT2D eigenvalue weighted by molar-refractivity contribution is 6.33. The highest BCUT2D eigenvalue weighted by Gasteiger charge is 2.19. The molecule has 6 nitrogen and oxygen atoms in total. The van der Waals surface area contributed by atoms with Crippen molar-refractivity contribution in [2.24, 2.45) is 0 Å². The minimum atomic E-state index is -0.720. The van der Waals surface area contributed by atoms with E-state index in [-0.39, 0.29) is 22.3 Å². The Balaban J connectivity index is 2.04. The van der Waals surface area contributed by atoms with Gasteiger partial charge in [0.1, 0.15) is 0 Å². The van der Waals surface area contributed by atoms with Gasteiger partial charge in [0.2, 0.25) is 0 Å². The summed E-state index contributed by atoms with van der Waals surface area (Å²) in [7, 11) is 0. The summed E-state index contributed by atoms with van der Waals surface area (Å²) in [5.41, 5.74) is 0.584. The van der Waals surface area contributed by atoms with E-state index in [1.165, 1.54) is 12.1 Å². The summed E-state index contributed by atoms with van der Waals surface area (Å²) in [6, 6.07) is 12.5. The van der Waals surface area contributed by atoms with Gasteiger partial charge in [0.15, 0.2) is 0 Å². The first kappa shape index (κ1) is 17.9. The molecule has 126 valence electrons. The Hall–Kier alpha value is -2.44. The highest BCUT2D eigenvalue weighted by Crippen LogP contribution is 2.23. The van der Waals surface area contributed by atoms with Crippen LogP contribution >= 0.6 is 11.6 Å². The van der Waals surface area contributed by atoms with E-state index >= 15 is 0 Å². The third kappa shape index (κ3) is 4.53. The van der Waals surface area contributed by atoms with Crippen molar-refractivity contribution in [3.05, 3.63) is 74.8 Å². The van der Waals surface area contributed by atoms with Gasteiger partial charge < -0.3 is 10.4 Å². The van der Waals surface area contributed by atoms with Gasteiger partial charge in [-0.25, -0.2) is 0 Å². The number of nitrogens with zero attached hydrogens (tertiary/aromatic N) is 1. The maximum Gasteiger partial charge on any atom is 0.270 e. The van der Waals surface area contributed by atoms with Crippen LogP contribution < -0.4 is 5.32 Å². The Morgan fingerprint density at radius 3 is 2.58 bits per heavy atom. The Labute approximate surface area is 144 Å². The highest BCUT2D eigenvalue weighted by atomic mass is 35.5. The van der Waals surface area contributed by atoms with E-state index in [0.717, 1.165) is 11.6 Å². The molecule has 0 fully saturated rings. The zero-order valence-corrected chi connectivity index (χ0v) is 13.7. The van der Waals surface area contributed by atoms with Gasteiger partial charge in [-0.05, 0) is 25.0 Å². The van der Waals surface area contributed by atoms with E-state index in [1.807, 2.05) is 18.2 Å². The second-order valence-corrected chi connectivity index (χ2v) is 5.87. The Morgan fingerprint density at radius 1 is 1.29 bits per heavy atom. The molecule has 2 aromatic rings. The van der Waals surface area contributed by atoms with E-state index in [2.05, 4.69) is 5.32 Å². The standard InChI is InChI=1S/C17H17ClN2O4/c1-11(9-16(21)12-5-3-2-4-6-12)19-17(22)14-10-13(20(23)24)7-8-15(14)18/h2-8,10-11,16,21H,9H2,1H3,(H,19,22). The molecular formula is C17H17ClN2O4. The van der Waals surface area contributed by atoms with E-state index in [0.29, 0.717) is 6.42 Å². The van der Waals surface area contributed by atoms with Crippen LogP contribution in [0, 0.1) is 10.1 Å². The summed E-state index contributed by atoms with van der Waals surface area (Å²) in [4.78, 5) is 22.5. The minimum Gasteiger partial charge on any atom is -0.388 e. The lowest BCUT2D eigenvalue weighted by atomic mass is 10.0. The van der Waals surface area contributed by atoms with Crippen LogP contribution in [-0.2, 0) is 0 Å². The summed E-state index contributed by atoms with van der Waals surface area (Å²) in [5, 5.41) is 23.8. The number of nitro benzene ring substituents is 1. The number of amides is 1. The number of aliphatic hydroxyl groups excluding tert-OH is 1. The SMILES string of the molecule is CC(CC(O)c1ccccc1)NC(=O)c1cc([N+](=O)[O-])ccc1Cl. The first-order chi connectivity index (χ1) is 11.4. The third-order valence-electron chi connectivity index (χ3n) is 3.54. The molecule has 7 heteroatoms. The molecule has 2 N–H and O–H groups in total. The number of carbonyl (C=O) groups excluding carboxylic acids is 1. The van der Waals surface area contributed by atoms with Crippen molar-refractivity contribution < 1.29 is 14.8 Å². The van der Waals surface area contributed by atoms with Crippen LogP contribution in [0.2, 0.25) is 5.02 Å². The van der Waals surface area contributed by atoms with Crippen LogP contribution in [0.25, 0.3) is 0 Å². The minimum absolute atomic E-state index is 0.0342. The van der Waals surface area contributed by atoms with Crippen LogP contribution in [0.3, 0.4) is 0 Å². The molecule has 0 heterocycles. The molecule has 0 saturated heterocycles. The average Bonchev–Trinajstić information content (AvgIpc) is 2.55. The predicted molar refractivity (Wildman–Crippen MR) is 91.1 cm³/mol. The summed E-state index contributed by atoms with van der Waals surface area (Å²) in [5.74, 6) is -0.517. The van der Waals surface area contributed by atoms with E-state index in [1.54, 1.807) is 19.1 Å². The summed E-state index contributed by atoms with van der Waals surface area (Å²) >= 11 is 5.95. The number of nitrogens with one attached hydrogen (secondary N) is 1. The molecule has 24 heavy (non-hydrogen) atoms. The second kappa shape index (κ2) is 7.90. The normalized spacial score (nSPS) is 13.1. The lowest BCUT2D eigenvalue weighted by Crippen LogP contribution is -2.34. The molecule has 0 aliphatic heterocycles. The molecule has 2 atom stereocenters. The number of carbonyl (C=O) groups is 1. The molecule has 0 aliphatic carbocycles. The van der Waals surface area contributed by atoms with Crippen molar-refractivity contribution in [3.8, 4) is 0 Å². The van der Waals surface area contributed by atoms with Crippen molar-refractivity contribution in [1.82, 2.24) is 5.32 Å². The molecule has 0 aliphatic rings. The molecule has 0 radical (unpaired) electrons. The number of nitro groups is 1. The van der Waals surface area contributed by atoms with Crippen molar-refractivity contribution in [2.75, 3.05) is 0 Å². The van der Waals surface area contributed by atoms with Gasteiger partial charge in [-0.3, -0.25) is 14.9 Å². The predicted octanol–water partition coefficient (Wildman–Crippen LogP) is 3.49. The molecule has 2 unspecified atom stereocenters. The first-order valence-corrected chi connectivity index (χ1v) is 7.74. The molecule has 2 aromatic carbocycles. The Morgan fingerprint density at radius 2 is 1.96 bits per heavy atom. The lowest BCUT2D eigenvalue weighted by Gasteiger charge is -2.18. The van der Waals surface area contributed by atoms with Crippen molar-refractivity contribution in [2.45, 2.75) is 25.5 Å². The zero-order chi connectivity index (χ0) is 17.7. The van der Waals surface area contributed by atoms with Gasteiger partial charge in [0.25, 0.3) is 11.6 Å². The molecule has 0 bridgehead atoms. The molecule has 2 rings (SSSR count). The van der Waals surface area contributed by atoms with Crippen LogP contribution in [0.5, 0.6) is 0 Å². The van der Waals surface area contributed by atoms with Crippen LogP contribution in [0.4, 0.5) is 5.69 Å². The summed E-state index contributed by atoms with van der Waals surface area (Å²) in [6.45, 7) is 1.75. The van der Waals surface area contributed by atoms with E-state index in [9.17, 15) is 20.0 Å². The molecule has 0 spiro atoms. The number of hydrogen-bond acceptors (Lipinski definition) is 4. The van der Waals surface area contributed by atoms with Gasteiger partial charge in [0, 0.05) is 18.2 Å². The maximum atomic E-state index is 12.3. The van der Waals surface area contributed by atoms with Gasteiger partial charge in [-0.1, -0.05) is 41.9 Å². The number of halogens is 1. The fraction of sp³-hybridized carbons (Fsp3) is 0.235. The van der Waals surface area contributed by atoms with Crippen molar-refractivity contribution in [3.63, 3.8) is 0 Å². The quantitative estimate of drug-likeness (QED) is 0.617. The smallest absolute Gasteiger partial charge is 0.270 e. The van der Waals surface area contributed by atoms with Crippen LogP contribution in [0.1, 0.15) is 35.4 Å². The Kier molecular flexibility index (Phi) is 5.89. The van der Waals surface area contributed by atoms with Gasteiger partial charge in [-0.15, -0.1) is 0 Å².